The monoisotopic (exact) mass is 244 g/mol. The van der Waals surface area contributed by atoms with Gasteiger partial charge in [0, 0.05) is 19.3 Å². The van der Waals surface area contributed by atoms with Crippen molar-refractivity contribution >= 4 is 23.7 Å². The van der Waals surface area contributed by atoms with E-state index in [1.54, 1.807) is 11.8 Å². The van der Waals surface area contributed by atoms with E-state index in [1.165, 1.54) is 7.11 Å². The molecule has 0 saturated heterocycles. The van der Waals surface area contributed by atoms with E-state index in [2.05, 4.69) is 26.6 Å². The highest BCUT2D eigenvalue weighted by molar-refractivity contribution is 7.98. The lowest BCUT2D eigenvalue weighted by Crippen LogP contribution is -2.24. The third kappa shape index (κ3) is 3.38. The van der Waals surface area contributed by atoms with Crippen LogP contribution in [0.25, 0.3) is 0 Å². The zero-order valence-corrected chi connectivity index (χ0v) is 10.4. The first-order valence-electron chi connectivity index (χ1n) is 4.68. The third-order valence-electron chi connectivity index (χ3n) is 1.89. The van der Waals surface area contributed by atoms with Gasteiger partial charge in [-0.05, 0) is 6.26 Å². The van der Waals surface area contributed by atoms with Gasteiger partial charge in [-0.2, -0.15) is 26.7 Å². The second-order valence-corrected chi connectivity index (χ2v) is 3.99. The number of anilines is 2. The summed E-state index contributed by atoms with van der Waals surface area (Å²) in [5, 5.41) is 0. The second-order valence-electron chi connectivity index (χ2n) is 3.00. The molecule has 8 heteroatoms. The molecule has 90 valence electrons. The SMILES string of the molecule is COc1nc(NN)nc(N(C)CCSC)n1. The van der Waals surface area contributed by atoms with Gasteiger partial charge in [-0.25, -0.2) is 5.84 Å². The molecule has 1 rings (SSSR count). The van der Waals surface area contributed by atoms with E-state index in [-0.39, 0.29) is 12.0 Å². The number of rotatable bonds is 6. The molecule has 1 aromatic heterocycles. The topological polar surface area (TPSA) is 89.2 Å². The number of nitrogens with one attached hydrogen (secondary N) is 1. The molecular weight excluding hydrogens is 228 g/mol. The third-order valence-corrected chi connectivity index (χ3v) is 2.48. The average Bonchev–Trinajstić information content (AvgIpc) is 2.35. The van der Waals surface area contributed by atoms with Crippen LogP contribution in [-0.4, -0.2) is 47.7 Å². The maximum atomic E-state index is 5.26. The van der Waals surface area contributed by atoms with Gasteiger partial charge in [-0.15, -0.1) is 0 Å². The molecule has 0 radical (unpaired) electrons. The van der Waals surface area contributed by atoms with Crippen LogP contribution in [-0.2, 0) is 0 Å². The lowest BCUT2D eigenvalue weighted by Gasteiger charge is -2.16. The molecule has 0 unspecified atom stereocenters. The molecule has 1 heterocycles. The minimum atomic E-state index is 0.244. The van der Waals surface area contributed by atoms with E-state index in [1.807, 2.05) is 11.9 Å². The zero-order chi connectivity index (χ0) is 12.0. The molecule has 7 nitrogen and oxygen atoms in total. The van der Waals surface area contributed by atoms with Crippen molar-refractivity contribution in [2.45, 2.75) is 0 Å². The Hall–Kier alpha value is -1.28. The quantitative estimate of drug-likeness (QED) is 0.532. The summed E-state index contributed by atoms with van der Waals surface area (Å²) in [5.41, 5.74) is 2.38. The van der Waals surface area contributed by atoms with Gasteiger partial charge in [0.1, 0.15) is 0 Å². The number of methoxy groups -OCH3 is 1. The van der Waals surface area contributed by atoms with Crippen molar-refractivity contribution in [3.63, 3.8) is 0 Å². The van der Waals surface area contributed by atoms with Crippen molar-refractivity contribution in [2.24, 2.45) is 5.84 Å². The Morgan fingerprint density at radius 2 is 2.19 bits per heavy atom. The van der Waals surface area contributed by atoms with Crippen molar-refractivity contribution < 1.29 is 4.74 Å². The first-order chi connectivity index (χ1) is 7.71. The number of nitrogens with two attached hydrogens (primary N) is 1. The smallest absolute Gasteiger partial charge is 0.322 e. The standard InChI is InChI=1S/C8H16N6OS/c1-14(4-5-16-3)7-10-6(13-9)11-8(12-7)15-2/h4-5,9H2,1-3H3,(H,10,11,12,13). The van der Waals surface area contributed by atoms with Crippen LogP contribution >= 0.6 is 11.8 Å². The molecule has 0 aromatic carbocycles. The van der Waals surface area contributed by atoms with E-state index in [4.69, 9.17) is 10.6 Å². The van der Waals surface area contributed by atoms with Crippen LogP contribution in [0.4, 0.5) is 11.9 Å². The van der Waals surface area contributed by atoms with Crippen LogP contribution < -0.4 is 20.9 Å². The number of aromatic nitrogens is 3. The summed E-state index contributed by atoms with van der Waals surface area (Å²) in [7, 11) is 3.41. The molecule has 16 heavy (non-hydrogen) atoms. The van der Waals surface area contributed by atoms with Gasteiger partial charge >= 0.3 is 6.01 Å². The Morgan fingerprint density at radius 3 is 2.75 bits per heavy atom. The van der Waals surface area contributed by atoms with Gasteiger partial charge in [0.05, 0.1) is 7.11 Å². The summed E-state index contributed by atoms with van der Waals surface area (Å²) in [4.78, 5) is 14.1. The molecular formula is C8H16N6OS. The fourth-order valence-electron chi connectivity index (χ4n) is 1.00. The van der Waals surface area contributed by atoms with E-state index in [0.29, 0.717) is 5.95 Å². The average molecular weight is 244 g/mol. The highest BCUT2D eigenvalue weighted by Gasteiger charge is 2.09. The predicted octanol–water partition coefficient (Wildman–Crippen LogP) is -0.0350. The normalized spacial score (nSPS) is 10.0. The summed E-state index contributed by atoms with van der Waals surface area (Å²) >= 11 is 1.76. The number of nitrogens with zero attached hydrogens (tertiary/aromatic N) is 4. The van der Waals surface area contributed by atoms with Crippen LogP contribution in [0.15, 0.2) is 0 Å². The van der Waals surface area contributed by atoms with Gasteiger partial charge in [0.2, 0.25) is 11.9 Å². The fraction of sp³-hybridized carbons (Fsp3) is 0.625. The van der Waals surface area contributed by atoms with Crippen molar-refractivity contribution in [3.05, 3.63) is 0 Å². The highest BCUT2D eigenvalue weighted by atomic mass is 32.2. The van der Waals surface area contributed by atoms with Crippen molar-refractivity contribution in [2.75, 3.05) is 43.0 Å². The van der Waals surface area contributed by atoms with E-state index >= 15 is 0 Å². The minimum absolute atomic E-state index is 0.244. The molecule has 1 aromatic rings. The Bertz CT molecular complexity index is 314. The van der Waals surface area contributed by atoms with Crippen LogP contribution in [0.5, 0.6) is 6.01 Å². The fourth-order valence-corrected chi connectivity index (χ4v) is 1.46. The van der Waals surface area contributed by atoms with Gasteiger partial charge in [0.25, 0.3) is 0 Å². The summed E-state index contributed by atoms with van der Waals surface area (Å²) in [6.45, 7) is 0.846. The van der Waals surface area contributed by atoms with E-state index < -0.39 is 0 Å². The number of hydrogen-bond donors (Lipinski definition) is 2. The largest absolute Gasteiger partial charge is 0.467 e. The number of nitrogen functional groups attached to an aromatic ring is 1. The Morgan fingerprint density at radius 1 is 1.44 bits per heavy atom. The van der Waals surface area contributed by atoms with Gasteiger partial charge in [-0.1, -0.05) is 0 Å². The van der Waals surface area contributed by atoms with Crippen LogP contribution in [0.3, 0.4) is 0 Å². The number of hydrazine groups is 1. The van der Waals surface area contributed by atoms with Crippen LogP contribution in [0, 0.1) is 0 Å². The molecule has 0 aliphatic heterocycles. The van der Waals surface area contributed by atoms with Crippen LogP contribution in [0.1, 0.15) is 0 Å². The van der Waals surface area contributed by atoms with E-state index in [0.717, 1.165) is 12.3 Å². The van der Waals surface area contributed by atoms with Crippen molar-refractivity contribution in [3.8, 4) is 6.01 Å². The molecule has 0 bridgehead atoms. The number of thioether (sulfide) groups is 1. The molecule has 0 saturated carbocycles. The molecule has 0 aliphatic carbocycles. The molecule has 3 N–H and O–H groups in total. The van der Waals surface area contributed by atoms with E-state index in [9.17, 15) is 0 Å². The molecule has 0 atom stereocenters. The molecule has 0 fully saturated rings. The molecule has 0 amide bonds. The van der Waals surface area contributed by atoms with Gasteiger partial charge in [0.15, 0.2) is 0 Å². The Labute approximate surface area is 98.8 Å². The van der Waals surface area contributed by atoms with Crippen LogP contribution in [0.2, 0.25) is 0 Å². The second kappa shape index (κ2) is 6.33. The summed E-state index contributed by atoms with van der Waals surface area (Å²) in [6.07, 6.45) is 2.05. The first kappa shape index (κ1) is 12.8. The van der Waals surface area contributed by atoms with Gasteiger partial charge in [-0.3, -0.25) is 5.43 Å². The Balaban J connectivity index is 2.85. The first-order valence-corrected chi connectivity index (χ1v) is 6.07. The Kier molecular flexibility index (Phi) is 5.06. The van der Waals surface area contributed by atoms with Gasteiger partial charge < -0.3 is 9.64 Å². The summed E-state index contributed by atoms with van der Waals surface area (Å²) in [5.74, 6) is 7.08. The van der Waals surface area contributed by atoms with Crippen molar-refractivity contribution in [1.29, 1.82) is 0 Å². The maximum absolute atomic E-state index is 5.26. The lowest BCUT2D eigenvalue weighted by molar-refractivity contribution is 0.379. The molecule has 0 aliphatic rings. The summed E-state index contributed by atoms with van der Waals surface area (Å²) in [6, 6.07) is 0.244. The van der Waals surface area contributed by atoms with Crippen molar-refractivity contribution in [1.82, 2.24) is 15.0 Å². The highest BCUT2D eigenvalue weighted by Crippen LogP contribution is 2.13. The summed E-state index contributed by atoms with van der Waals surface area (Å²) < 4.78 is 4.96. The maximum Gasteiger partial charge on any atom is 0.322 e. The predicted molar refractivity (Wildman–Crippen MR) is 65.8 cm³/mol. The number of ether oxygens (including phenoxy) is 1. The zero-order valence-electron chi connectivity index (χ0n) is 9.60. The minimum Gasteiger partial charge on any atom is -0.467 e. The number of hydrogen-bond acceptors (Lipinski definition) is 8. The molecule has 0 spiro atoms. The lowest BCUT2D eigenvalue weighted by atomic mass is 10.6.